The fraction of sp³-hybridized carbons (Fsp3) is 0.292. The molecule has 0 aliphatic carbocycles. The summed E-state index contributed by atoms with van der Waals surface area (Å²) in [4.78, 5) is 7.09. The topological polar surface area (TPSA) is 25.4 Å². The molecule has 0 N–H and O–H groups in total. The summed E-state index contributed by atoms with van der Waals surface area (Å²) in [7, 11) is 0. The minimum absolute atomic E-state index is 0.724. The third-order valence-electron chi connectivity index (χ3n) is 5.13. The summed E-state index contributed by atoms with van der Waals surface area (Å²) < 4.78 is 5.84. The monoisotopic (exact) mass is 358 g/mol. The maximum Gasteiger partial charge on any atom is 0.213 e. The van der Waals surface area contributed by atoms with Crippen LogP contribution in [0.2, 0.25) is 0 Å². The van der Waals surface area contributed by atoms with Crippen molar-refractivity contribution < 1.29 is 4.74 Å². The highest BCUT2D eigenvalue weighted by Crippen LogP contribution is 2.22. The quantitative estimate of drug-likeness (QED) is 0.544. The van der Waals surface area contributed by atoms with Gasteiger partial charge in [0.15, 0.2) is 0 Å². The van der Waals surface area contributed by atoms with E-state index in [-0.39, 0.29) is 0 Å². The van der Waals surface area contributed by atoms with Gasteiger partial charge in [-0.25, -0.2) is 4.98 Å². The lowest BCUT2D eigenvalue weighted by Crippen LogP contribution is -2.29. The van der Waals surface area contributed by atoms with Crippen LogP contribution in [0.5, 0.6) is 5.88 Å². The molecule has 2 aromatic carbocycles. The number of unbranched alkanes of at least 4 members (excludes halogenated alkanes) is 1. The maximum atomic E-state index is 5.84. The van der Waals surface area contributed by atoms with Gasteiger partial charge in [-0.05, 0) is 49.1 Å². The van der Waals surface area contributed by atoms with Crippen LogP contribution >= 0.6 is 0 Å². The van der Waals surface area contributed by atoms with Gasteiger partial charge in [0.1, 0.15) is 0 Å². The largest absolute Gasteiger partial charge is 0.478 e. The number of hydrogen-bond donors (Lipinski definition) is 0. The second-order valence-electron chi connectivity index (χ2n) is 7.04. The van der Waals surface area contributed by atoms with Gasteiger partial charge in [0, 0.05) is 24.5 Å². The molecule has 0 bridgehead atoms. The second kappa shape index (κ2) is 8.83. The van der Waals surface area contributed by atoms with Crippen LogP contribution in [0.1, 0.15) is 24.8 Å². The first-order chi connectivity index (χ1) is 13.4. The highest BCUT2D eigenvalue weighted by Gasteiger charge is 2.12. The molecule has 0 atom stereocenters. The van der Waals surface area contributed by atoms with Crippen LogP contribution in [-0.2, 0) is 0 Å². The number of hydrogen-bond acceptors (Lipinski definition) is 3. The van der Waals surface area contributed by atoms with E-state index in [1.54, 1.807) is 0 Å². The Labute approximate surface area is 161 Å². The molecular formula is C24H26N2O. The van der Waals surface area contributed by atoms with Gasteiger partial charge >= 0.3 is 0 Å². The molecule has 0 unspecified atom stereocenters. The van der Waals surface area contributed by atoms with Crippen LogP contribution < -0.4 is 4.74 Å². The Morgan fingerprint density at radius 3 is 2.59 bits per heavy atom. The molecule has 4 rings (SSSR count). The van der Waals surface area contributed by atoms with Crippen molar-refractivity contribution in [3.63, 3.8) is 0 Å². The molecule has 27 heavy (non-hydrogen) atoms. The number of rotatable bonds is 7. The second-order valence-corrected chi connectivity index (χ2v) is 7.04. The average Bonchev–Trinajstić information content (AvgIpc) is 2.74. The molecule has 1 aromatic heterocycles. The predicted octanol–water partition coefficient (Wildman–Crippen LogP) is 5.18. The summed E-state index contributed by atoms with van der Waals surface area (Å²) in [6.07, 6.45) is 5.73. The van der Waals surface area contributed by atoms with Gasteiger partial charge in [0.2, 0.25) is 5.88 Å². The summed E-state index contributed by atoms with van der Waals surface area (Å²) in [5.41, 5.74) is 3.84. The number of pyridine rings is 1. The van der Waals surface area contributed by atoms with E-state index >= 15 is 0 Å². The Morgan fingerprint density at radius 2 is 1.74 bits per heavy atom. The fourth-order valence-corrected chi connectivity index (χ4v) is 3.57. The third kappa shape index (κ3) is 4.75. The minimum atomic E-state index is 0.724. The number of ether oxygens (including phenoxy) is 1. The first kappa shape index (κ1) is 17.7. The molecule has 1 aliphatic heterocycles. The first-order valence-electron chi connectivity index (χ1n) is 9.84. The molecule has 0 fully saturated rings. The van der Waals surface area contributed by atoms with Gasteiger partial charge < -0.3 is 4.74 Å². The smallest absolute Gasteiger partial charge is 0.213 e. The molecular weight excluding hydrogens is 332 g/mol. The van der Waals surface area contributed by atoms with E-state index in [4.69, 9.17) is 4.74 Å². The van der Waals surface area contributed by atoms with E-state index in [2.05, 4.69) is 58.4 Å². The summed E-state index contributed by atoms with van der Waals surface area (Å²) >= 11 is 0. The molecule has 0 saturated carbocycles. The van der Waals surface area contributed by atoms with E-state index in [1.165, 1.54) is 11.1 Å². The summed E-state index contributed by atoms with van der Waals surface area (Å²) in [6.45, 7) is 4.06. The molecule has 3 heteroatoms. The predicted molar refractivity (Wildman–Crippen MR) is 112 cm³/mol. The van der Waals surface area contributed by atoms with Crippen LogP contribution in [-0.4, -0.2) is 36.1 Å². The molecule has 2 heterocycles. The molecule has 0 spiro atoms. The van der Waals surface area contributed by atoms with Crippen LogP contribution in [0, 0.1) is 0 Å². The normalized spacial score (nSPS) is 14.9. The van der Waals surface area contributed by atoms with E-state index in [1.807, 2.05) is 24.3 Å². The zero-order valence-electron chi connectivity index (χ0n) is 15.7. The zero-order chi connectivity index (χ0) is 18.3. The Kier molecular flexibility index (Phi) is 5.80. The van der Waals surface area contributed by atoms with Crippen molar-refractivity contribution in [2.45, 2.75) is 19.3 Å². The van der Waals surface area contributed by atoms with Gasteiger partial charge in [-0.1, -0.05) is 54.6 Å². The SMILES string of the molecule is C1=C(c2ccccc2)CCN(CCCCOc2ccc3ccccc3n2)C1. The number of aromatic nitrogens is 1. The van der Waals surface area contributed by atoms with Gasteiger partial charge in [-0.2, -0.15) is 0 Å². The fourth-order valence-electron chi connectivity index (χ4n) is 3.57. The first-order valence-corrected chi connectivity index (χ1v) is 9.84. The van der Waals surface area contributed by atoms with Crippen molar-refractivity contribution in [3.05, 3.63) is 78.4 Å². The van der Waals surface area contributed by atoms with Crippen molar-refractivity contribution in [1.29, 1.82) is 0 Å². The Hall–Kier alpha value is -2.65. The van der Waals surface area contributed by atoms with E-state index in [0.29, 0.717) is 0 Å². The maximum absolute atomic E-state index is 5.84. The lowest BCUT2D eigenvalue weighted by molar-refractivity contribution is 0.261. The van der Waals surface area contributed by atoms with Crippen molar-refractivity contribution in [2.24, 2.45) is 0 Å². The highest BCUT2D eigenvalue weighted by atomic mass is 16.5. The molecule has 1 aliphatic rings. The minimum Gasteiger partial charge on any atom is -0.478 e. The summed E-state index contributed by atoms with van der Waals surface area (Å²) in [5.74, 6) is 0.724. The molecule has 138 valence electrons. The molecule has 3 nitrogen and oxygen atoms in total. The van der Waals surface area contributed by atoms with Crippen LogP contribution in [0.3, 0.4) is 0 Å². The van der Waals surface area contributed by atoms with Gasteiger partial charge in [-0.15, -0.1) is 0 Å². The van der Waals surface area contributed by atoms with E-state index < -0.39 is 0 Å². The van der Waals surface area contributed by atoms with Crippen molar-refractivity contribution in [2.75, 3.05) is 26.2 Å². The lowest BCUT2D eigenvalue weighted by Gasteiger charge is -2.26. The Morgan fingerprint density at radius 1 is 0.889 bits per heavy atom. The number of para-hydroxylation sites is 1. The van der Waals surface area contributed by atoms with Crippen molar-refractivity contribution in [1.82, 2.24) is 9.88 Å². The van der Waals surface area contributed by atoms with E-state index in [0.717, 1.165) is 62.3 Å². The van der Waals surface area contributed by atoms with Gasteiger partial charge in [0.25, 0.3) is 0 Å². The lowest BCUT2D eigenvalue weighted by atomic mass is 9.99. The molecule has 3 aromatic rings. The molecule has 0 amide bonds. The number of fused-ring (bicyclic) bond motifs is 1. The zero-order valence-corrected chi connectivity index (χ0v) is 15.7. The Bertz CT molecular complexity index is 904. The summed E-state index contributed by atoms with van der Waals surface area (Å²) in [6, 6.07) is 22.9. The van der Waals surface area contributed by atoms with Crippen LogP contribution in [0.4, 0.5) is 0 Å². The average molecular weight is 358 g/mol. The molecule has 0 saturated heterocycles. The Balaban J connectivity index is 1.18. The highest BCUT2D eigenvalue weighted by molar-refractivity contribution is 5.78. The summed E-state index contributed by atoms with van der Waals surface area (Å²) in [5, 5.41) is 1.15. The number of nitrogens with zero attached hydrogens (tertiary/aromatic N) is 2. The van der Waals surface area contributed by atoms with Gasteiger partial charge in [-0.3, -0.25) is 4.90 Å². The third-order valence-corrected chi connectivity index (χ3v) is 5.13. The standard InChI is InChI=1S/C24H26N2O/c1-2-8-20(9-3-1)21-14-17-26(18-15-21)16-6-7-19-27-24-13-12-22-10-4-5-11-23(22)25-24/h1-5,8-14H,6-7,15-19H2. The van der Waals surface area contributed by atoms with Crippen LogP contribution in [0.25, 0.3) is 16.5 Å². The number of benzene rings is 2. The van der Waals surface area contributed by atoms with Crippen molar-refractivity contribution >= 4 is 16.5 Å². The van der Waals surface area contributed by atoms with E-state index in [9.17, 15) is 0 Å². The van der Waals surface area contributed by atoms with Crippen LogP contribution in [0.15, 0.2) is 72.8 Å². The van der Waals surface area contributed by atoms with Gasteiger partial charge in [0.05, 0.1) is 12.1 Å². The van der Waals surface area contributed by atoms with Crippen molar-refractivity contribution in [3.8, 4) is 5.88 Å². The molecule has 0 radical (unpaired) electrons.